The van der Waals surface area contributed by atoms with E-state index in [-0.39, 0.29) is 11.9 Å². The van der Waals surface area contributed by atoms with Crippen LogP contribution in [0.5, 0.6) is 0 Å². The van der Waals surface area contributed by atoms with Gasteiger partial charge in [0, 0.05) is 37.4 Å². The van der Waals surface area contributed by atoms with Gasteiger partial charge in [0.15, 0.2) is 0 Å². The number of carbonyl (C=O) groups excluding carboxylic acids is 1. The van der Waals surface area contributed by atoms with E-state index in [0.29, 0.717) is 41.2 Å². The van der Waals surface area contributed by atoms with Crippen molar-refractivity contribution in [3.8, 4) is 0 Å². The Kier molecular flexibility index (Phi) is 5.37. The fourth-order valence-electron chi connectivity index (χ4n) is 7.62. The Morgan fingerprint density at radius 3 is 2.47 bits per heavy atom. The van der Waals surface area contributed by atoms with E-state index in [2.05, 4.69) is 15.6 Å². The number of anilines is 1. The summed E-state index contributed by atoms with van der Waals surface area (Å²) in [5, 5.41) is 17.7. The van der Waals surface area contributed by atoms with Crippen LogP contribution in [0, 0.1) is 17.8 Å². The van der Waals surface area contributed by atoms with E-state index < -0.39 is 5.60 Å². The van der Waals surface area contributed by atoms with Crippen LogP contribution in [0.2, 0.25) is 0 Å². The maximum absolute atomic E-state index is 13.5. The molecule has 174 valence electrons. The molecule has 7 rings (SSSR count). The molecule has 7 nitrogen and oxygen atoms in total. The third-order valence-corrected chi connectivity index (χ3v) is 8.90. The number of nitrogens with zero attached hydrogens (tertiary/aromatic N) is 2. The molecule has 0 radical (unpaired) electrons. The summed E-state index contributed by atoms with van der Waals surface area (Å²) in [5.41, 5.74) is 1.10. The van der Waals surface area contributed by atoms with E-state index >= 15 is 0 Å². The quantitative estimate of drug-likeness (QED) is 0.649. The van der Waals surface area contributed by atoms with Crippen LogP contribution < -0.4 is 10.6 Å². The molecule has 5 aliphatic carbocycles. The van der Waals surface area contributed by atoms with Crippen molar-refractivity contribution in [1.82, 2.24) is 15.3 Å². The molecular weight excluding hydrogens is 404 g/mol. The summed E-state index contributed by atoms with van der Waals surface area (Å²) in [4.78, 5) is 23.0. The number of rotatable bonds is 5. The highest BCUT2D eigenvalue weighted by atomic mass is 16.5. The summed E-state index contributed by atoms with van der Waals surface area (Å²) in [6, 6.07) is 0.509. The number of nitrogens with one attached hydrogen (secondary N) is 2. The van der Waals surface area contributed by atoms with Crippen molar-refractivity contribution in [3.63, 3.8) is 0 Å². The standard InChI is InChI=1S/C25H36N4O3/c30-23(28-21-17-9-15-10-18(21)13-25(31,11-15)12-17)20-14-26-24(27-19-5-7-32-8-6-19)29-22(20)16-3-1-2-4-16/h14-19,21,31H,1-13H2,(H,28,30)(H,26,27,29)/t15?,17?,18?,21-,25+. The topological polar surface area (TPSA) is 96.4 Å². The number of aromatic nitrogens is 2. The van der Waals surface area contributed by atoms with E-state index in [9.17, 15) is 9.90 Å². The van der Waals surface area contributed by atoms with Gasteiger partial charge in [-0.2, -0.15) is 0 Å². The van der Waals surface area contributed by atoms with Gasteiger partial charge in [0.25, 0.3) is 5.91 Å². The Balaban J connectivity index is 1.22. The number of hydrogen-bond donors (Lipinski definition) is 3. The minimum Gasteiger partial charge on any atom is -0.390 e. The first-order valence-electron chi connectivity index (χ1n) is 12.8. The average molecular weight is 441 g/mol. The summed E-state index contributed by atoms with van der Waals surface area (Å²) >= 11 is 0. The predicted molar refractivity (Wildman–Crippen MR) is 120 cm³/mol. The summed E-state index contributed by atoms with van der Waals surface area (Å²) < 4.78 is 5.46. The largest absolute Gasteiger partial charge is 0.390 e. The molecular formula is C25H36N4O3. The molecule has 0 aromatic carbocycles. The molecule has 5 saturated carbocycles. The van der Waals surface area contributed by atoms with Crippen molar-refractivity contribution in [2.75, 3.05) is 18.5 Å². The highest BCUT2D eigenvalue weighted by Gasteiger charge is 2.55. The van der Waals surface area contributed by atoms with Gasteiger partial charge >= 0.3 is 0 Å². The molecule has 1 amide bonds. The lowest BCUT2D eigenvalue weighted by Crippen LogP contribution is -2.61. The van der Waals surface area contributed by atoms with Crippen molar-refractivity contribution in [2.24, 2.45) is 17.8 Å². The Morgan fingerprint density at radius 2 is 1.78 bits per heavy atom. The maximum Gasteiger partial charge on any atom is 0.254 e. The molecule has 7 heteroatoms. The van der Waals surface area contributed by atoms with Gasteiger partial charge in [0.1, 0.15) is 0 Å². The van der Waals surface area contributed by atoms with E-state index in [1.54, 1.807) is 6.20 Å². The highest BCUT2D eigenvalue weighted by Crippen LogP contribution is 2.55. The van der Waals surface area contributed by atoms with Crippen LogP contribution in [0.25, 0.3) is 0 Å². The normalized spacial score (nSPS) is 37.0. The van der Waals surface area contributed by atoms with Gasteiger partial charge in [-0.1, -0.05) is 12.8 Å². The van der Waals surface area contributed by atoms with Crippen LogP contribution in [0.1, 0.15) is 92.6 Å². The SMILES string of the molecule is O=C(N[C@H]1C2CC3CC1C[C@@](O)(C3)C2)c1cnc(NC2CCOCC2)nc1C1CCCC1. The lowest BCUT2D eigenvalue weighted by atomic mass is 9.52. The van der Waals surface area contributed by atoms with Crippen molar-refractivity contribution in [2.45, 2.75) is 94.2 Å². The minimum absolute atomic E-state index is 0.0195. The van der Waals surface area contributed by atoms with Crippen LogP contribution in [0.4, 0.5) is 5.95 Å². The molecule has 2 unspecified atom stereocenters. The number of ether oxygens (including phenoxy) is 1. The average Bonchev–Trinajstić information content (AvgIpc) is 3.30. The van der Waals surface area contributed by atoms with E-state index in [1.165, 1.54) is 12.8 Å². The van der Waals surface area contributed by atoms with Crippen LogP contribution in [0.15, 0.2) is 6.20 Å². The predicted octanol–water partition coefficient (Wildman–Crippen LogP) is 3.39. The van der Waals surface area contributed by atoms with Gasteiger partial charge in [0.2, 0.25) is 5.95 Å². The zero-order valence-corrected chi connectivity index (χ0v) is 18.9. The summed E-state index contributed by atoms with van der Waals surface area (Å²) in [6.07, 6.45) is 13.2. The molecule has 4 bridgehead atoms. The Hall–Kier alpha value is -1.73. The van der Waals surface area contributed by atoms with Gasteiger partial charge in [-0.3, -0.25) is 4.79 Å². The second-order valence-electron chi connectivity index (χ2n) is 11.2. The number of carbonyl (C=O) groups is 1. The molecule has 32 heavy (non-hydrogen) atoms. The fraction of sp³-hybridized carbons (Fsp3) is 0.800. The molecule has 2 heterocycles. The molecule has 0 spiro atoms. The van der Waals surface area contributed by atoms with Crippen LogP contribution in [-0.4, -0.2) is 51.9 Å². The fourth-order valence-corrected chi connectivity index (χ4v) is 7.62. The number of amides is 1. The zero-order chi connectivity index (χ0) is 21.7. The molecule has 6 fully saturated rings. The first kappa shape index (κ1) is 20.8. The van der Waals surface area contributed by atoms with E-state index in [1.807, 2.05) is 0 Å². The molecule has 2 atom stereocenters. The second kappa shape index (κ2) is 8.24. The van der Waals surface area contributed by atoms with Crippen LogP contribution in [0.3, 0.4) is 0 Å². The van der Waals surface area contributed by atoms with Crippen molar-refractivity contribution >= 4 is 11.9 Å². The molecule has 1 aromatic rings. The first-order valence-corrected chi connectivity index (χ1v) is 12.8. The minimum atomic E-state index is -0.479. The Bertz CT molecular complexity index is 849. The van der Waals surface area contributed by atoms with Crippen LogP contribution >= 0.6 is 0 Å². The Labute approximate surface area is 190 Å². The summed E-state index contributed by atoms with van der Waals surface area (Å²) in [5.74, 6) is 2.41. The highest BCUT2D eigenvalue weighted by molar-refractivity contribution is 5.95. The number of aliphatic hydroxyl groups is 1. The molecule has 6 aliphatic rings. The third-order valence-electron chi connectivity index (χ3n) is 8.90. The first-order chi connectivity index (χ1) is 15.6. The van der Waals surface area contributed by atoms with Crippen molar-refractivity contribution in [3.05, 3.63) is 17.5 Å². The zero-order valence-electron chi connectivity index (χ0n) is 18.9. The maximum atomic E-state index is 13.5. The summed E-state index contributed by atoms with van der Waals surface area (Å²) in [7, 11) is 0. The monoisotopic (exact) mass is 440 g/mol. The Morgan fingerprint density at radius 1 is 1.06 bits per heavy atom. The molecule has 1 aromatic heterocycles. The van der Waals surface area contributed by atoms with Gasteiger partial charge in [-0.15, -0.1) is 0 Å². The summed E-state index contributed by atoms with van der Waals surface area (Å²) in [6.45, 7) is 1.54. The van der Waals surface area contributed by atoms with Crippen LogP contribution in [-0.2, 0) is 4.74 Å². The third kappa shape index (κ3) is 3.92. The number of hydrogen-bond acceptors (Lipinski definition) is 6. The second-order valence-corrected chi connectivity index (χ2v) is 11.2. The van der Waals surface area contributed by atoms with Crippen molar-refractivity contribution < 1.29 is 14.6 Å². The van der Waals surface area contributed by atoms with Gasteiger partial charge in [-0.25, -0.2) is 9.97 Å². The van der Waals surface area contributed by atoms with Crippen molar-refractivity contribution in [1.29, 1.82) is 0 Å². The van der Waals surface area contributed by atoms with E-state index in [0.717, 1.165) is 76.7 Å². The van der Waals surface area contributed by atoms with E-state index in [4.69, 9.17) is 9.72 Å². The smallest absolute Gasteiger partial charge is 0.254 e. The molecule has 3 N–H and O–H groups in total. The van der Waals surface area contributed by atoms with Gasteiger partial charge < -0.3 is 20.5 Å². The lowest BCUT2D eigenvalue weighted by Gasteiger charge is -2.58. The van der Waals surface area contributed by atoms with Gasteiger partial charge in [0.05, 0.1) is 16.9 Å². The molecule has 1 aliphatic heterocycles. The lowest BCUT2D eigenvalue weighted by molar-refractivity contribution is -0.136. The molecule has 1 saturated heterocycles. The van der Waals surface area contributed by atoms with Gasteiger partial charge in [-0.05, 0) is 75.5 Å².